The first-order chi connectivity index (χ1) is 23.3. The Hall–Kier alpha value is -6.18. The fourth-order valence-corrected chi connectivity index (χ4v) is 7.78. The van der Waals surface area contributed by atoms with Crippen molar-refractivity contribution in [3.63, 3.8) is 0 Å². The molecule has 10 rings (SSSR count). The highest BCUT2D eigenvalue weighted by molar-refractivity contribution is 6.26. The Morgan fingerprint density at radius 2 is 0.809 bits per heavy atom. The molecule has 0 aliphatic heterocycles. The Bertz CT molecular complexity index is 2800. The van der Waals surface area contributed by atoms with Crippen molar-refractivity contribution in [1.82, 2.24) is 0 Å². The monoisotopic (exact) mass is 596 g/mol. The van der Waals surface area contributed by atoms with Crippen LogP contribution in [0.3, 0.4) is 0 Å². The molecule has 0 saturated carbocycles. The van der Waals surface area contributed by atoms with Crippen LogP contribution in [0.4, 0.5) is 0 Å². The fraction of sp³-hybridized carbons (Fsp3) is 0. The van der Waals surface area contributed by atoms with E-state index in [0.717, 1.165) is 27.5 Å². The maximum atomic E-state index is 6.59. The zero-order chi connectivity index (χ0) is 30.9. The van der Waals surface area contributed by atoms with Crippen LogP contribution in [0, 0.1) is 0 Å². The number of benzene rings is 9. The molecule has 0 radical (unpaired) electrons. The molecular weight excluding hydrogens is 569 g/mol. The van der Waals surface area contributed by atoms with Crippen molar-refractivity contribution in [2.75, 3.05) is 0 Å². The molecule has 1 heteroatoms. The lowest BCUT2D eigenvalue weighted by molar-refractivity contribution is 0.670. The molecule has 0 spiro atoms. The summed E-state index contributed by atoms with van der Waals surface area (Å²) in [6.07, 6.45) is 0. The van der Waals surface area contributed by atoms with E-state index in [1.54, 1.807) is 0 Å². The quantitative estimate of drug-likeness (QED) is 0.185. The van der Waals surface area contributed by atoms with Crippen molar-refractivity contribution in [2.45, 2.75) is 0 Å². The molecule has 0 saturated heterocycles. The van der Waals surface area contributed by atoms with Crippen molar-refractivity contribution in [3.05, 3.63) is 170 Å². The zero-order valence-electron chi connectivity index (χ0n) is 25.6. The molecule has 0 bridgehead atoms. The maximum absolute atomic E-state index is 6.59. The van der Waals surface area contributed by atoms with Gasteiger partial charge in [0.1, 0.15) is 11.2 Å². The number of fused-ring (bicyclic) bond motifs is 7. The van der Waals surface area contributed by atoms with Gasteiger partial charge in [-0.2, -0.15) is 0 Å². The molecule has 0 fully saturated rings. The van der Waals surface area contributed by atoms with E-state index in [1.165, 1.54) is 70.9 Å². The van der Waals surface area contributed by atoms with E-state index in [0.29, 0.717) is 0 Å². The molecule has 218 valence electrons. The molecule has 0 aliphatic rings. The first-order valence-electron chi connectivity index (χ1n) is 16.2. The van der Waals surface area contributed by atoms with E-state index in [4.69, 9.17) is 4.42 Å². The molecule has 0 unspecified atom stereocenters. The highest BCUT2D eigenvalue weighted by atomic mass is 16.3. The minimum Gasteiger partial charge on any atom is -0.455 e. The Kier molecular flexibility index (Phi) is 5.64. The van der Waals surface area contributed by atoms with Crippen LogP contribution in [0.2, 0.25) is 0 Å². The van der Waals surface area contributed by atoms with Gasteiger partial charge in [-0.1, -0.05) is 158 Å². The smallest absolute Gasteiger partial charge is 0.143 e. The summed E-state index contributed by atoms with van der Waals surface area (Å²) < 4.78 is 6.59. The Balaban J connectivity index is 1.28. The normalized spacial score (nSPS) is 11.8. The van der Waals surface area contributed by atoms with Gasteiger partial charge in [-0.05, 0) is 77.5 Å². The highest BCUT2D eigenvalue weighted by Gasteiger charge is 2.21. The van der Waals surface area contributed by atoms with Gasteiger partial charge in [0.15, 0.2) is 0 Å². The Morgan fingerprint density at radius 1 is 0.298 bits per heavy atom. The van der Waals surface area contributed by atoms with Gasteiger partial charge >= 0.3 is 0 Å². The molecule has 1 nitrogen and oxygen atoms in total. The number of hydrogen-bond acceptors (Lipinski definition) is 1. The van der Waals surface area contributed by atoms with E-state index >= 15 is 0 Å². The highest BCUT2D eigenvalue weighted by Crippen LogP contribution is 2.48. The Morgan fingerprint density at radius 3 is 1.51 bits per heavy atom. The van der Waals surface area contributed by atoms with Crippen molar-refractivity contribution in [2.24, 2.45) is 0 Å². The van der Waals surface area contributed by atoms with Crippen LogP contribution in [-0.4, -0.2) is 0 Å². The summed E-state index contributed by atoms with van der Waals surface area (Å²) >= 11 is 0. The SMILES string of the molecule is c1ccc2cc(-c3ccc(-c4c5ccccc5c(-c5cccc6c5oc5ccccc56)c5ccccc45)c4ccccc34)ccc2c1. The summed E-state index contributed by atoms with van der Waals surface area (Å²) in [5.74, 6) is 0. The number of hydrogen-bond donors (Lipinski definition) is 0. The van der Waals surface area contributed by atoms with Crippen molar-refractivity contribution < 1.29 is 4.42 Å². The van der Waals surface area contributed by atoms with Crippen molar-refractivity contribution >= 4 is 65.0 Å². The largest absolute Gasteiger partial charge is 0.455 e. The molecule has 0 amide bonds. The van der Waals surface area contributed by atoms with Crippen LogP contribution < -0.4 is 0 Å². The third-order valence-electron chi connectivity index (χ3n) is 9.86. The van der Waals surface area contributed by atoms with Gasteiger partial charge in [-0.25, -0.2) is 0 Å². The van der Waals surface area contributed by atoms with Crippen LogP contribution in [0.1, 0.15) is 0 Å². The average molecular weight is 597 g/mol. The van der Waals surface area contributed by atoms with E-state index in [-0.39, 0.29) is 0 Å². The van der Waals surface area contributed by atoms with Gasteiger partial charge in [-0.3, -0.25) is 0 Å². The van der Waals surface area contributed by atoms with Gasteiger partial charge in [0.25, 0.3) is 0 Å². The molecule has 0 aliphatic carbocycles. The van der Waals surface area contributed by atoms with Crippen molar-refractivity contribution in [3.8, 4) is 33.4 Å². The number of rotatable bonds is 3. The van der Waals surface area contributed by atoms with Crippen LogP contribution in [0.5, 0.6) is 0 Å². The molecule has 0 N–H and O–H groups in total. The molecule has 9 aromatic carbocycles. The first kappa shape index (κ1) is 26.1. The van der Waals surface area contributed by atoms with E-state index in [9.17, 15) is 0 Å². The number of para-hydroxylation sites is 2. The van der Waals surface area contributed by atoms with Crippen LogP contribution in [0.25, 0.3) is 98.4 Å². The minimum absolute atomic E-state index is 0.915. The second-order valence-electron chi connectivity index (χ2n) is 12.4. The summed E-state index contributed by atoms with van der Waals surface area (Å²) in [5.41, 5.74) is 9.16. The Labute approximate surface area is 271 Å². The van der Waals surface area contributed by atoms with Gasteiger partial charge in [-0.15, -0.1) is 0 Å². The summed E-state index contributed by atoms with van der Waals surface area (Å²) in [5, 5.41) is 12.2. The summed E-state index contributed by atoms with van der Waals surface area (Å²) in [6.45, 7) is 0. The summed E-state index contributed by atoms with van der Waals surface area (Å²) in [4.78, 5) is 0. The van der Waals surface area contributed by atoms with Gasteiger partial charge in [0.05, 0.1) is 0 Å². The predicted octanol–water partition coefficient (Wildman–Crippen LogP) is 13.2. The lowest BCUT2D eigenvalue weighted by Crippen LogP contribution is -1.92. The molecule has 47 heavy (non-hydrogen) atoms. The van der Waals surface area contributed by atoms with E-state index in [2.05, 4.69) is 164 Å². The van der Waals surface area contributed by atoms with Gasteiger partial charge in [0.2, 0.25) is 0 Å². The standard InChI is InChI=1S/C46H28O/c1-2-13-30-28-31(25-24-29(30)12-1)32-26-27-40(34-15-4-3-14-33(32)34)44-36-17-5-7-19-38(36)45(39-20-8-6-18-37(39)44)42-22-11-21-41-35-16-9-10-23-43(35)47-46(41)42/h1-28H. The molecular formula is C46H28O. The average Bonchev–Trinajstić information content (AvgIpc) is 3.53. The molecule has 10 aromatic rings. The zero-order valence-corrected chi connectivity index (χ0v) is 25.6. The van der Waals surface area contributed by atoms with Crippen LogP contribution in [0.15, 0.2) is 174 Å². The van der Waals surface area contributed by atoms with E-state index < -0.39 is 0 Å². The minimum atomic E-state index is 0.915. The lowest BCUT2D eigenvalue weighted by atomic mass is 9.83. The van der Waals surface area contributed by atoms with Crippen LogP contribution >= 0.6 is 0 Å². The molecule has 1 heterocycles. The third-order valence-corrected chi connectivity index (χ3v) is 9.86. The predicted molar refractivity (Wildman–Crippen MR) is 200 cm³/mol. The van der Waals surface area contributed by atoms with Gasteiger partial charge < -0.3 is 4.42 Å². The maximum Gasteiger partial charge on any atom is 0.143 e. The van der Waals surface area contributed by atoms with Crippen LogP contribution in [-0.2, 0) is 0 Å². The third kappa shape index (κ3) is 3.90. The second-order valence-corrected chi connectivity index (χ2v) is 12.4. The fourth-order valence-electron chi connectivity index (χ4n) is 7.78. The molecule has 1 aromatic heterocycles. The topological polar surface area (TPSA) is 13.1 Å². The number of furan rings is 1. The summed E-state index contributed by atoms with van der Waals surface area (Å²) in [6, 6.07) is 61.5. The second kappa shape index (κ2) is 10.2. The van der Waals surface area contributed by atoms with E-state index in [1.807, 2.05) is 6.07 Å². The molecule has 0 atom stereocenters. The first-order valence-corrected chi connectivity index (χ1v) is 16.2. The van der Waals surface area contributed by atoms with Gasteiger partial charge in [0, 0.05) is 21.9 Å². The summed E-state index contributed by atoms with van der Waals surface area (Å²) in [7, 11) is 0. The van der Waals surface area contributed by atoms with Crippen molar-refractivity contribution in [1.29, 1.82) is 0 Å². The lowest BCUT2D eigenvalue weighted by Gasteiger charge is -2.20.